The Bertz CT molecular complexity index is 90.5. The second kappa shape index (κ2) is 6.62. The molecule has 0 atom stereocenters. The highest BCUT2D eigenvalue weighted by Crippen LogP contribution is 1.78. The van der Waals surface area contributed by atoms with Gasteiger partial charge in [-0.25, -0.2) is 0 Å². The van der Waals surface area contributed by atoms with Crippen LogP contribution >= 0.6 is 12.6 Å². The summed E-state index contributed by atoms with van der Waals surface area (Å²) in [6.07, 6.45) is 0. The van der Waals surface area contributed by atoms with Crippen molar-refractivity contribution in [2.24, 2.45) is 5.11 Å². The number of nitrogens with zero attached hydrogens (tertiary/aromatic N) is 3. The molecule has 0 aliphatic rings. The first-order chi connectivity index (χ1) is 3.91. The first-order valence-corrected chi connectivity index (χ1v) is 2.74. The standard InChI is InChI=1S/C3H7N3OS/c4-6-5-3-7-1-2-8/h8H,1-3H2. The van der Waals surface area contributed by atoms with Gasteiger partial charge in [-0.1, -0.05) is 5.11 Å². The van der Waals surface area contributed by atoms with Gasteiger partial charge in [0.05, 0.1) is 6.61 Å². The molecule has 0 spiro atoms. The third-order valence-electron chi connectivity index (χ3n) is 0.448. The van der Waals surface area contributed by atoms with E-state index in [0.29, 0.717) is 12.4 Å². The highest BCUT2D eigenvalue weighted by molar-refractivity contribution is 7.80. The summed E-state index contributed by atoms with van der Waals surface area (Å²) in [7, 11) is 0. The molecule has 0 aromatic heterocycles. The Labute approximate surface area is 52.9 Å². The molecule has 4 nitrogen and oxygen atoms in total. The van der Waals surface area contributed by atoms with Gasteiger partial charge < -0.3 is 4.74 Å². The molecule has 0 aromatic carbocycles. The molecule has 0 rings (SSSR count). The van der Waals surface area contributed by atoms with Crippen LogP contribution in [0.5, 0.6) is 0 Å². The molecule has 0 amide bonds. The number of thiol groups is 1. The maximum atomic E-state index is 7.72. The van der Waals surface area contributed by atoms with E-state index in [2.05, 4.69) is 22.7 Å². The van der Waals surface area contributed by atoms with Gasteiger partial charge in [-0.05, 0) is 5.53 Å². The monoisotopic (exact) mass is 133 g/mol. The smallest absolute Gasteiger partial charge is 0.125 e. The maximum Gasteiger partial charge on any atom is 0.125 e. The predicted molar refractivity (Wildman–Crippen MR) is 33.8 cm³/mol. The number of hydrogen-bond acceptors (Lipinski definition) is 3. The zero-order valence-electron chi connectivity index (χ0n) is 4.32. The van der Waals surface area contributed by atoms with Crippen LogP contribution in [0.1, 0.15) is 0 Å². The van der Waals surface area contributed by atoms with Gasteiger partial charge in [0.25, 0.3) is 0 Å². The lowest BCUT2D eigenvalue weighted by molar-refractivity contribution is 0.158. The van der Waals surface area contributed by atoms with E-state index in [9.17, 15) is 0 Å². The summed E-state index contributed by atoms with van der Waals surface area (Å²) < 4.78 is 4.73. The van der Waals surface area contributed by atoms with Gasteiger partial charge in [0.2, 0.25) is 0 Å². The van der Waals surface area contributed by atoms with E-state index in [1.54, 1.807) is 0 Å². The van der Waals surface area contributed by atoms with Crippen molar-refractivity contribution in [3.05, 3.63) is 10.4 Å². The van der Waals surface area contributed by atoms with E-state index >= 15 is 0 Å². The van der Waals surface area contributed by atoms with Crippen molar-refractivity contribution in [1.82, 2.24) is 0 Å². The second-order valence-corrected chi connectivity index (χ2v) is 1.44. The van der Waals surface area contributed by atoms with E-state index in [0.717, 1.165) is 0 Å². The van der Waals surface area contributed by atoms with Gasteiger partial charge >= 0.3 is 0 Å². The Kier molecular flexibility index (Phi) is 6.31. The van der Waals surface area contributed by atoms with Gasteiger partial charge in [0, 0.05) is 10.7 Å². The molecule has 0 heterocycles. The first kappa shape index (κ1) is 7.62. The molecule has 0 aromatic rings. The molecule has 8 heavy (non-hydrogen) atoms. The Morgan fingerprint density at radius 1 is 1.75 bits per heavy atom. The maximum absolute atomic E-state index is 7.72. The molecule has 0 saturated heterocycles. The minimum atomic E-state index is 0.108. The van der Waals surface area contributed by atoms with Crippen LogP contribution in [0.25, 0.3) is 10.4 Å². The number of hydrogen-bond donors (Lipinski definition) is 1. The Morgan fingerprint density at radius 2 is 2.50 bits per heavy atom. The average Bonchev–Trinajstić information content (AvgIpc) is 1.81. The fourth-order valence-electron chi connectivity index (χ4n) is 0.196. The molecular weight excluding hydrogens is 126 g/mol. The van der Waals surface area contributed by atoms with Crippen LogP contribution in [0.2, 0.25) is 0 Å². The quantitative estimate of drug-likeness (QED) is 0.202. The third-order valence-corrected chi connectivity index (χ3v) is 0.630. The van der Waals surface area contributed by atoms with Gasteiger partial charge in [-0.2, -0.15) is 12.6 Å². The summed E-state index contributed by atoms with van der Waals surface area (Å²) in [5, 5.41) is 3.13. The van der Waals surface area contributed by atoms with Crippen molar-refractivity contribution in [3.63, 3.8) is 0 Å². The fourth-order valence-corrected chi connectivity index (χ4v) is 0.325. The van der Waals surface area contributed by atoms with E-state index in [1.807, 2.05) is 0 Å². The van der Waals surface area contributed by atoms with Crippen LogP contribution in [-0.4, -0.2) is 19.1 Å². The lowest BCUT2D eigenvalue weighted by atomic mass is 10.9. The summed E-state index contributed by atoms with van der Waals surface area (Å²) in [5.41, 5.74) is 7.72. The van der Waals surface area contributed by atoms with Crippen molar-refractivity contribution in [2.75, 3.05) is 19.1 Å². The van der Waals surface area contributed by atoms with E-state index in [4.69, 9.17) is 10.3 Å². The normalized spacial score (nSPS) is 8.12. The molecule has 46 valence electrons. The second-order valence-electron chi connectivity index (χ2n) is 0.992. The van der Waals surface area contributed by atoms with Gasteiger partial charge in [-0.15, -0.1) is 0 Å². The fraction of sp³-hybridized carbons (Fsp3) is 1.00. The summed E-state index contributed by atoms with van der Waals surface area (Å²) in [5.74, 6) is 0.654. The Balaban J connectivity index is 2.82. The average molecular weight is 133 g/mol. The molecule has 0 saturated carbocycles. The minimum Gasteiger partial charge on any atom is -0.375 e. The first-order valence-electron chi connectivity index (χ1n) is 2.11. The van der Waals surface area contributed by atoms with E-state index in [-0.39, 0.29) is 6.73 Å². The molecule has 0 N–H and O–H groups in total. The summed E-state index contributed by atoms with van der Waals surface area (Å²) in [4.78, 5) is 2.48. The van der Waals surface area contributed by atoms with Crippen molar-refractivity contribution >= 4 is 12.6 Å². The van der Waals surface area contributed by atoms with Crippen LogP contribution in [0.3, 0.4) is 0 Å². The van der Waals surface area contributed by atoms with Crippen LogP contribution in [0.4, 0.5) is 0 Å². The van der Waals surface area contributed by atoms with E-state index in [1.165, 1.54) is 0 Å². The number of ether oxygens (including phenoxy) is 1. The molecule has 0 bridgehead atoms. The van der Waals surface area contributed by atoms with Crippen LogP contribution in [0.15, 0.2) is 5.11 Å². The van der Waals surface area contributed by atoms with Crippen LogP contribution in [0, 0.1) is 0 Å². The highest BCUT2D eigenvalue weighted by atomic mass is 32.1. The van der Waals surface area contributed by atoms with Crippen molar-refractivity contribution in [3.8, 4) is 0 Å². The SMILES string of the molecule is [N-]=[N+]=NCOCCS. The molecule has 0 radical (unpaired) electrons. The minimum absolute atomic E-state index is 0.108. The number of rotatable bonds is 4. The van der Waals surface area contributed by atoms with Gasteiger partial charge in [-0.3, -0.25) is 0 Å². The predicted octanol–water partition coefficient (Wildman–Crippen LogP) is 1.20. The van der Waals surface area contributed by atoms with Crippen molar-refractivity contribution in [2.45, 2.75) is 0 Å². The number of azide groups is 1. The zero-order chi connectivity index (χ0) is 6.24. The summed E-state index contributed by atoms with van der Waals surface area (Å²) in [6, 6.07) is 0. The lowest BCUT2D eigenvalue weighted by Gasteiger charge is -1.91. The zero-order valence-corrected chi connectivity index (χ0v) is 5.21. The molecule has 5 heteroatoms. The molecule has 0 fully saturated rings. The third kappa shape index (κ3) is 5.62. The lowest BCUT2D eigenvalue weighted by Crippen LogP contribution is -1.93. The van der Waals surface area contributed by atoms with Gasteiger partial charge in [0.1, 0.15) is 6.73 Å². The molecule has 0 aliphatic heterocycles. The molecule has 0 unspecified atom stereocenters. The summed E-state index contributed by atoms with van der Waals surface area (Å²) >= 11 is 3.86. The Morgan fingerprint density at radius 3 is 3.00 bits per heavy atom. The molecular formula is C3H7N3OS. The van der Waals surface area contributed by atoms with Crippen molar-refractivity contribution < 1.29 is 4.74 Å². The molecule has 0 aliphatic carbocycles. The topological polar surface area (TPSA) is 58.0 Å². The van der Waals surface area contributed by atoms with Crippen molar-refractivity contribution in [1.29, 1.82) is 0 Å². The summed E-state index contributed by atoms with van der Waals surface area (Å²) in [6.45, 7) is 0.638. The van der Waals surface area contributed by atoms with Crippen LogP contribution in [-0.2, 0) is 4.74 Å². The largest absolute Gasteiger partial charge is 0.375 e. The Hall–Kier alpha value is -0.380. The van der Waals surface area contributed by atoms with Gasteiger partial charge in [0.15, 0.2) is 0 Å². The van der Waals surface area contributed by atoms with Crippen LogP contribution < -0.4 is 0 Å². The van der Waals surface area contributed by atoms with E-state index < -0.39 is 0 Å². The highest BCUT2D eigenvalue weighted by Gasteiger charge is 1.77.